The fourth-order valence-corrected chi connectivity index (χ4v) is 3.19. The van der Waals surface area contributed by atoms with Gasteiger partial charge >= 0.3 is 0 Å². The van der Waals surface area contributed by atoms with Crippen molar-refractivity contribution in [3.63, 3.8) is 0 Å². The van der Waals surface area contributed by atoms with Crippen molar-refractivity contribution in [1.29, 1.82) is 0 Å². The van der Waals surface area contributed by atoms with Crippen LogP contribution in [0.1, 0.15) is 17.8 Å². The minimum absolute atomic E-state index is 0.0585. The molecule has 2 aromatic rings. The van der Waals surface area contributed by atoms with Gasteiger partial charge in [0.25, 0.3) is 0 Å². The maximum Gasteiger partial charge on any atom is 0.247 e. The molecular formula is C12H14BrN3OS. The number of likely N-dealkylation sites (N-methyl/N-ethyl adjacent to an activating group) is 1. The molecule has 0 aromatic carbocycles. The third-order valence-corrected chi connectivity index (χ3v) is 4.35. The molecule has 4 nitrogen and oxygen atoms in total. The molecule has 6 heteroatoms. The average molecular weight is 328 g/mol. The van der Waals surface area contributed by atoms with Gasteiger partial charge in [-0.3, -0.25) is 9.48 Å². The number of aromatic nitrogens is 2. The Balaban J connectivity index is 2.00. The molecule has 18 heavy (non-hydrogen) atoms. The summed E-state index contributed by atoms with van der Waals surface area (Å²) in [5, 5.41) is 6.11. The van der Waals surface area contributed by atoms with E-state index in [1.54, 1.807) is 33.3 Å². The summed E-state index contributed by atoms with van der Waals surface area (Å²) < 4.78 is 2.73. The highest BCUT2D eigenvalue weighted by molar-refractivity contribution is 9.10. The quantitative estimate of drug-likeness (QED) is 0.865. The lowest BCUT2D eigenvalue weighted by molar-refractivity contribution is -0.133. The number of hydrogen-bond donors (Lipinski definition) is 0. The van der Waals surface area contributed by atoms with Crippen molar-refractivity contribution in [2.75, 3.05) is 7.05 Å². The van der Waals surface area contributed by atoms with E-state index in [1.807, 2.05) is 31.5 Å². The molecule has 0 bridgehead atoms. The van der Waals surface area contributed by atoms with Crippen molar-refractivity contribution >= 4 is 33.2 Å². The van der Waals surface area contributed by atoms with Crippen LogP contribution >= 0.6 is 27.3 Å². The van der Waals surface area contributed by atoms with Crippen LogP contribution in [0, 0.1) is 0 Å². The van der Waals surface area contributed by atoms with E-state index in [-0.39, 0.29) is 11.9 Å². The van der Waals surface area contributed by atoms with Gasteiger partial charge in [-0.05, 0) is 35.0 Å². The minimum atomic E-state index is -0.270. The number of carbonyl (C=O) groups is 1. The molecule has 1 amide bonds. The van der Waals surface area contributed by atoms with Crippen LogP contribution in [0.15, 0.2) is 34.4 Å². The van der Waals surface area contributed by atoms with E-state index in [4.69, 9.17) is 0 Å². The topological polar surface area (TPSA) is 38.1 Å². The van der Waals surface area contributed by atoms with Gasteiger partial charge in [-0.15, -0.1) is 11.3 Å². The largest absolute Gasteiger partial charge is 0.339 e. The number of nitrogens with zero attached hydrogens (tertiary/aromatic N) is 3. The van der Waals surface area contributed by atoms with Crippen LogP contribution in [0.4, 0.5) is 0 Å². The maximum atomic E-state index is 12.2. The lowest BCUT2D eigenvalue weighted by atomic mass is 10.3. The minimum Gasteiger partial charge on any atom is -0.339 e. The molecule has 0 fully saturated rings. The Morgan fingerprint density at radius 2 is 2.44 bits per heavy atom. The molecule has 0 N–H and O–H groups in total. The summed E-state index contributed by atoms with van der Waals surface area (Å²) in [7, 11) is 1.82. The van der Waals surface area contributed by atoms with Gasteiger partial charge in [0.15, 0.2) is 0 Å². The Morgan fingerprint density at radius 3 is 3.00 bits per heavy atom. The normalized spacial score (nSPS) is 12.4. The van der Waals surface area contributed by atoms with Crippen LogP contribution in [0.3, 0.4) is 0 Å². The molecule has 0 aliphatic carbocycles. The lowest BCUT2D eigenvalue weighted by Crippen LogP contribution is -2.32. The number of halogens is 1. The van der Waals surface area contributed by atoms with E-state index in [0.29, 0.717) is 6.54 Å². The highest BCUT2D eigenvalue weighted by Crippen LogP contribution is 2.21. The first-order valence-corrected chi connectivity index (χ1v) is 7.22. The molecule has 0 saturated heterocycles. The first-order valence-electron chi connectivity index (χ1n) is 5.55. The van der Waals surface area contributed by atoms with E-state index >= 15 is 0 Å². The van der Waals surface area contributed by atoms with Crippen molar-refractivity contribution in [1.82, 2.24) is 14.7 Å². The van der Waals surface area contributed by atoms with E-state index in [1.165, 1.54) is 0 Å². The number of amides is 1. The monoisotopic (exact) mass is 327 g/mol. The molecule has 0 radical (unpaired) electrons. The Kier molecular flexibility index (Phi) is 4.19. The Labute approximate surface area is 118 Å². The molecule has 1 unspecified atom stereocenters. The van der Waals surface area contributed by atoms with Crippen LogP contribution in [0.2, 0.25) is 0 Å². The fraction of sp³-hybridized carbons (Fsp3) is 0.333. The van der Waals surface area contributed by atoms with Crippen LogP contribution in [0.5, 0.6) is 0 Å². The second-order valence-corrected chi connectivity index (χ2v) is 6.00. The van der Waals surface area contributed by atoms with Crippen LogP contribution < -0.4 is 0 Å². The summed E-state index contributed by atoms with van der Waals surface area (Å²) in [5.74, 6) is 0.0585. The Morgan fingerprint density at radius 1 is 1.67 bits per heavy atom. The Bertz CT molecular complexity index is 523. The van der Waals surface area contributed by atoms with Crippen molar-refractivity contribution < 1.29 is 4.79 Å². The van der Waals surface area contributed by atoms with Gasteiger partial charge in [0.1, 0.15) is 6.04 Å². The van der Waals surface area contributed by atoms with E-state index in [0.717, 1.165) is 9.35 Å². The predicted molar refractivity (Wildman–Crippen MR) is 75.4 cm³/mol. The third kappa shape index (κ3) is 3.00. The van der Waals surface area contributed by atoms with Crippen LogP contribution in [0.25, 0.3) is 0 Å². The number of carbonyl (C=O) groups excluding carboxylic acids is 1. The molecular weight excluding hydrogens is 314 g/mol. The third-order valence-electron chi connectivity index (χ3n) is 2.67. The molecule has 0 aliphatic heterocycles. The summed E-state index contributed by atoms with van der Waals surface area (Å²) in [6, 6.07) is 3.58. The fourth-order valence-electron chi connectivity index (χ4n) is 1.69. The van der Waals surface area contributed by atoms with Crippen molar-refractivity contribution in [3.8, 4) is 0 Å². The van der Waals surface area contributed by atoms with E-state index < -0.39 is 0 Å². The smallest absolute Gasteiger partial charge is 0.247 e. The van der Waals surface area contributed by atoms with Gasteiger partial charge in [-0.2, -0.15) is 5.10 Å². The van der Waals surface area contributed by atoms with Gasteiger partial charge in [0, 0.05) is 34.2 Å². The molecule has 2 aromatic heterocycles. The van der Waals surface area contributed by atoms with E-state index in [2.05, 4.69) is 21.0 Å². The number of hydrogen-bond acceptors (Lipinski definition) is 3. The van der Waals surface area contributed by atoms with Gasteiger partial charge in [0.05, 0.1) is 6.54 Å². The van der Waals surface area contributed by atoms with Gasteiger partial charge < -0.3 is 4.90 Å². The van der Waals surface area contributed by atoms with Gasteiger partial charge in [-0.1, -0.05) is 0 Å². The summed E-state index contributed by atoms with van der Waals surface area (Å²) >= 11 is 5.05. The standard InChI is InChI=1S/C12H14BrN3OS/c1-9(16-5-3-4-14-16)12(17)15(2)7-11-6-10(13)8-18-11/h3-6,8-9H,7H2,1-2H3. The average Bonchev–Trinajstić information content (AvgIpc) is 2.98. The van der Waals surface area contributed by atoms with E-state index in [9.17, 15) is 4.79 Å². The second kappa shape index (κ2) is 5.67. The summed E-state index contributed by atoms with van der Waals surface area (Å²) in [6.07, 6.45) is 3.48. The molecule has 2 rings (SSSR count). The van der Waals surface area contributed by atoms with Crippen molar-refractivity contribution in [2.45, 2.75) is 19.5 Å². The second-order valence-electron chi connectivity index (χ2n) is 4.09. The predicted octanol–water partition coefficient (Wildman–Crippen LogP) is 2.93. The first kappa shape index (κ1) is 13.3. The highest BCUT2D eigenvalue weighted by Gasteiger charge is 2.19. The molecule has 2 heterocycles. The summed E-state index contributed by atoms with van der Waals surface area (Å²) in [6.45, 7) is 2.48. The lowest BCUT2D eigenvalue weighted by Gasteiger charge is -2.21. The summed E-state index contributed by atoms with van der Waals surface area (Å²) in [4.78, 5) is 15.1. The first-order chi connectivity index (χ1) is 8.58. The molecule has 1 atom stereocenters. The van der Waals surface area contributed by atoms with Gasteiger partial charge in [-0.25, -0.2) is 0 Å². The molecule has 0 saturated carbocycles. The summed E-state index contributed by atoms with van der Waals surface area (Å²) in [5.41, 5.74) is 0. The number of thiophene rings is 1. The van der Waals surface area contributed by atoms with Crippen LogP contribution in [-0.2, 0) is 11.3 Å². The zero-order chi connectivity index (χ0) is 13.1. The SMILES string of the molecule is CC(C(=O)N(C)Cc1cc(Br)cs1)n1cccn1. The zero-order valence-electron chi connectivity index (χ0n) is 10.2. The number of rotatable bonds is 4. The maximum absolute atomic E-state index is 12.2. The van der Waals surface area contributed by atoms with Crippen LogP contribution in [-0.4, -0.2) is 27.6 Å². The van der Waals surface area contributed by atoms with Crippen molar-refractivity contribution in [3.05, 3.63) is 39.3 Å². The van der Waals surface area contributed by atoms with Gasteiger partial charge in [0.2, 0.25) is 5.91 Å². The zero-order valence-corrected chi connectivity index (χ0v) is 12.6. The molecule has 96 valence electrons. The Hall–Kier alpha value is -1.14. The van der Waals surface area contributed by atoms with Crippen molar-refractivity contribution in [2.24, 2.45) is 0 Å². The molecule has 0 spiro atoms. The molecule has 0 aliphatic rings. The highest BCUT2D eigenvalue weighted by atomic mass is 79.9.